The van der Waals surface area contributed by atoms with Gasteiger partial charge < -0.3 is 5.32 Å². The number of hydrogen-bond donors (Lipinski definition) is 1. The molecule has 114 valence electrons. The van der Waals surface area contributed by atoms with Crippen molar-refractivity contribution in [2.45, 2.75) is 6.04 Å². The summed E-state index contributed by atoms with van der Waals surface area (Å²) in [6.07, 6.45) is 1.90. The minimum absolute atomic E-state index is 0.0831. The van der Waals surface area contributed by atoms with E-state index in [-0.39, 0.29) is 11.6 Å². The minimum atomic E-state index is -0.616. The number of fused-ring (bicyclic) bond motifs is 2. The van der Waals surface area contributed by atoms with Gasteiger partial charge in [0.05, 0.1) is 11.3 Å². The zero-order chi connectivity index (χ0) is 16.0. The Morgan fingerprint density at radius 1 is 1.09 bits per heavy atom. The molecule has 0 fully saturated rings. The predicted molar refractivity (Wildman–Crippen MR) is 90.9 cm³/mol. The fraction of sp³-hybridized carbons (Fsp3) is 0.111. The largest absolute Gasteiger partial charge is 0.334 e. The van der Waals surface area contributed by atoms with Gasteiger partial charge in [0.15, 0.2) is 11.0 Å². The summed E-state index contributed by atoms with van der Waals surface area (Å²) in [5.41, 5.74) is 3.20. The Bertz CT molecular complexity index is 888. The number of carbonyl (C=O) groups excluding carboxylic acids is 1. The first-order valence-electron chi connectivity index (χ1n) is 7.22. The number of ketones is 1. The van der Waals surface area contributed by atoms with Gasteiger partial charge in [0.1, 0.15) is 11.9 Å². The fourth-order valence-corrected chi connectivity index (χ4v) is 3.46. The first-order chi connectivity index (χ1) is 11.2. The van der Waals surface area contributed by atoms with Crippen LogP contribution >= 0.6 is 11.8 Å². The van der Waals surface area contributed by atoms with E-state index < -0.39 is 6.04 Å². The van der Waals surface area contributed by atoms with Crippen LogP contribution in [-0.4, -0.2) is 17.2 Å². The molecule has 2 aromatic carbocycles. The molecule has 2 aliphatic rings. The van der Waals surface area contributed by atoms with Crippen molar-refractivity contribution in [1.29, 1.82) is 0 Å². The summed E-state index contributed by atoms with van der Waals surface area (Å²) in [5, 5.41) is 3.90. The van der Waals surface area contributed by atoms with Gasteiger partial charge in [0, 0.05) is 16.7 Å². The molecule has 0 saturated carbocycles. The number of rotatable bonds is 1. The third-order valence-electron chi connectivity index (χ3n) is 4.10. The maximum Gasteiger partial charge on any atom is 0.194 e. The lowest BCUT2D eigenvalue weighted by atomic mass is 9.95. The predicted octanol–water partition coefficient (Wildman–Crippen LogP) is 3.80. The van der Waals surface area contributed by atoms with Crippen LogP contribution in [0.2, 0.25) is 0 Å². The van der Waals surface area contributed by atoms with E-state index in [0.717, 1.165) is 11.3 Å². The number of aliphatic imine (C=N–C) groups is 1. The van der Waals surface area contributed by atoms with Crippen LogP contribution in [-0.2, 0) is 0 Å². The second-order valence-electron chi connectivity index (χ2n) is 5.35. The number of Topliss-reactive ketones (excluding diaryl/α,β-unsaturated/α-hetero) is 1. The van der Waals surface area contributed by atoms with Gasteiger partial charge in [0.25, 0.3) is 0 Å². The van der Waals surface area contributed by atoms with Crippen molar-refractivity contribution in [2.75, 3.05) is 6.26 Å². The Labute approximate surface area is 137 Å². The average Bonchev–Trinajstić information content (AvgIpc) is 2.88. The highest BCUT2D eigenvalue weighted by Crippen LogP contribution is 2.43. The highest BCUT2D eigenvalue weighted by Gasteiger charge is 2.38. The third-order valence-corrected chi connectivity index (χ3v) is 4.69. The first-order valence-corrected chi connectivity index (χ1v) is 8.44. The molecule has 0 spiro atoms. The summed E-state index contributed by atoms with van der Waals surface area (Å²) in [4.78, 5) is 17.4. The lowest BCUT2D eigenvalue weighted by Gasteiger charge is -2.23. The molecule has 3 nitrogen and oxygen atoms in total. The normalized spacial score (nSPS) is 19.1. The molecule has 23 heavy (non-hydrogen) atoms. The van der Waals surface area contributed by atoms with Crippen molar-refractivity contribution in [3.63, 3.8) is 0 Å². The first kappa shape index (κ1) is 14.2. The van der Waals surface area contributed by atoms with Gasteiger partial charge in [-0.1, -0.05) is 54.2 Å². The summed E-state index contributed by atoms with van der Waals surface area (Å²) >= 11 is 1.45. The van der Waals surface area contributed by atoms with Gasteiger partial charge in [0.2, 0.25) is 0 Å². The van der Waals surface area contributed by atoms with Gasteiger partial charge in [-0.3, -0.25) is 4.79 Å². The van der Waals surface area contributed by atoms with Crippen molar-refractivity contribution in [1.82, 2.24) is 5.32 Å². The number of nitrogens with one attached hydrogen (secondary N) is 1. The summed E-state index contributed by atoms with van der Waals surface area (Å²) in [6.45, 7) is 0. The molecule has 0 aromatic heterocycles. The number of benzene rings is 2. The monoisotopic (exact) mass is 324 g/mol. The molecule has 0 amide bonds. The molecular formula is C18H13FN2OS. The highest BCUT2D eigenvalue weighted by atomic mass is 32.2. The number of thioether (sulfide) groups is 1. The smallest absolute Gasteiger partial charge is 0.194 e. The van der Waals surface area contributed by atoms with Crippen LogP contribution in [0.3, 0.4) is 0 Å². The Kier molecular flexibility index (Phi) is 3.31. The van der Waals surface area contributed by atoms with E-state index in [1.165, 1.54) is 17.8 Å². The molecule has 1 aliphatic heterocycles. The van der Waals surface area contributed by atoms with Crippen molar-refractivity contribution in [3.8, 4) is 0 Å². The number of halogens is 1. The van der Waals surface area contributed by atoms with E-state index in [1.54, 1.807) is 24.3 Å². The van der Waals surface area contributed by atoms with Crippen LogP contribution in [0.1, 0.15) is 27.5 Å². The van der Waals surface area contributed by atoms with Crippen LogP contribution in [0.5, 0.6) is 0 Å². The number of amidine groups is 1. The molecule has 2 aromatic rings. The number of nitrogens with zero attached hydrogens (tertiary/aromatic N) is 1. The van der Waals surface area contributed by atoms with Gasteiger partial charge >= 0.3 is 0 Å². The zero-order valence-electron chi connectivity index (χ0n) is 12.3. The maximum atomic E-state index is 14.3. The molecule has 0 saturated heterocycles. The van der Waals surface area contributed by atoms with Crippen LogP contribution in [0, 0.1) is 5.82 Å². The van der Waals surface area contributed by atoms with Crippen LogP contribution < -0.4 is 5.32 Å². The SMILES string of the molecule is CSC1=N[C@@H](c2ccccc2F)C2=C(N1)c1ccccc1C2=O. The highest BCUT2D eigenvalue weighted by molar-refractivity contribution is 8.13. The Balaban J connectivity index is 1.92. The van der Waals surface area contributed by atoms with Crippen LogP contribution in [0.15, 0.2) is 59.1 Å². The van der Waals surface area contributed by atoms with Crippen molar-refractivity contribution in [2.24, 2.45) is 4.99 Å². The maximum absolute atomic E-state index is 14.3. The zero-order valence-corrected chi connectivity index (χ0v) is 13.2. The summed E-state index contributed by atoms with van der Waals surface area (Å²) in [7, 11) is 0. The Hall–Kier alpha value is -2.40. The van der Waals surface area contributed by atoms with E-state index in [1.807, 2.05) is 24.5 Å². The van der Waals surface area contributed by atoms with E-state index in [4.69, 9.17) is 0 Å². The van der Waals surface area contributed by atoms with Crippen molar-refractivity contribution >= 4 is 28.4 Å². The fourth-order valence-electron chi connectivity index (χ4n) is 3.05. The molecular weight excluding hydrogens is 311 g/mol. The molecule has 1 atom stereocenters. The molecule has 4 rings (SSSR count). The lowest BCUT2D eigenvalue weighted by Crippen LogP contribution is -2.26. The topological polar surface area (TPSA) is 41.5 Å². The quantitative estimate of drug-likeness (QED) is 0.867. The van der Waals surface area contributed by atoms with Crippen molar-refractivity contribution < 1.29 is 9.18 Å². The van der Waals surface area contributed by atoms with Crippen LogP contribution in [0.25, 0.3) is 5.70 Å². The molecule has 0 radical (unpaired) electrons. The molecule has 1 aliphatic carbocycles. The Morgan fingerprint density at radius 3 is 2.52 bits per heavy atom. The van der Waals surface area contributed by atoms with Gasteiger partial charge in [-0.2, -0.15) is 0 Å². The molecule has 0 bridgehead atoms. The van der Waals surface area contributed by atoms with E-state index in [9.17, 15) is 9.18 Å². The standard InChI is InChI=1S/C18H13FN2OS/c1-23-18-20-15-10-6-2-3-7-11(10)17(22)14(15)16(21-18)12-8-4-5-9-13(12)19/h2-9,16H,1H3,(H,20,21)/t16-/m0/s1. The average molecular weight is 324 g/mol. The Morgan fingerprint density at radius 2 is 1.78 bits per heavy atom. The molecule has 1 heterocycles. The van der Waals surface area contributed by atoms with Gasteiger partial charge in [-0.25, -0.2) is 9.38 Å². The van der Waals surface area contributed by atoms with E-state index >= 15 is 0 Å². The second-order valence-corrected chi connectivity index (χ2v) is 6.15. The third kappa shape index (κ3) is 2.11. The second kappa shape index (κ2) is 5.35. The molecule has 5 heteroatoms. The van der Waals surface area contributed by atoms with Crippen LogP contribution in [0.4, 0.5) is 4.39 Å². The summed E-state index contributed by atoms with van der Waals surface area (Å²) < 4.78 is 14.3. The summed E-state index contributed by atoms with van der Waals surface area (Å²) in [5.74, 6) is -0.431. The summed E-state index contributed by atoms with van der Waals surface area (Å²) in [6, 6.07) is 13.3. The van der Waals surface area contributed by atoms with Crippen molar-refractivity contribution in [3.05, 3.63) is 76.6 Å². The minimum Gasteiger partial charge on any atom is -0.334 e. The van der Waals surface area contributed by atoms with Gasteiger partial charge in [-0.05, 0) is 12.3 Å². The molecule has 0 unspecified atom stereocenters. The molecule has 1 N–H and O–H groups in total. The van der Waals surface area contributed by atoms with E-state index in [0.29, 0.717) is 21.9 Å². The number of carbonyl (C=O) groups is 1. The van der Waals surface area contributed by atoms with E-state index in [2.05, 4.69) is 10.3 Å². The lowest BCUT2D eigenvalue weighted by molar-refractivity contribution is 0.103. The number of hydrogen-bond acceptors (Lipinski definition) is 4. The van der Waals surface area contributed by atoms with Gasteiger partial charge in [-0.15, -0.1) is 0 Å².